The van der Waals surface area contributed by atoms with Crippen molar-refractivity contribution in [2.24, 2.45) is 0 Å². The molecule has 0 aliphatic carbocycles. The van der Waals surface area contributed by atoms with Crippen LogP contribution in [0, 0.1) is 0 Å². The van der Waals surface area contributed by atoms with Crippen molar-refractivity contribution in [3.05, 3.63) is 42.5 Å². The maximum Gasteiger partial charge on any atom is 0.448 e. The fourth-order valence-electron chi connectivity index (χ4n) is 2.24. The molecular weight excluding hydrogens is 420 g/mol. The van der Waals surface area contributed by atoms with Crippen LogP contribution in [-0.4, -0.2) is 32.8 Å². The number of hydrogen-bond donors (Lipinski definition) is 0. The van der Waals surface area contributed by atoms with E-state index in [0.29, 0.717) is 16.4 Å². The van der Waals surface area contributed by atoms with Crippen LogP contribution in [-0.2, 0) is 24.4 Å². The lowest BCUT2D eigenvalue weighted by molar-refractivity contribution is -0.272. The first-order valence-electron chi connectivity index (χ1n) is 6.84. The predicted octanol–water partition coefficient (Wildman–Crippen LogP) is 3.02. The van der Waals surface area contributed by atoms with E-state index in [2.05, 4.69) is 4.18 Å². The van der Waals surface area contributed by atoms with Crippen molar-refractivity contribution >= 4 is 42.2 Å². The Kier molecular flexibility index (Phi) is 4.26. The number of alkyl halides is 4. The zero-order valence-electron chi connectivity index (χ0n) is 12.7. The standard InChI is InChI=1S/C14H8F4O7S2/c15-13(16,14(17,18)27(21,22)23)25-26(19,20)8-5-6-10-9-3-1-2-4-11(9)24-12(10)7-8/h1-7H,(H,21,22,23)/p-1. The number of fused-ring (bicyclic) bond motifs is 3. The summed E-state index contributed by atoms with van der Waals surface area (Å²) in [5.74, 6) is 0. The lowest BCUT2D eigenvalue weighted by atomic mass is 10.2. The van der Waals surface area contributed by atoms with Gasteiger partial charge in [-0.25, -0.2) is 8.42 Å². The van der Waals surface area contributed by atoms with Crippen molar-refractivity contribution in [3.8, 4) is 0 Å². The van der Waals surface area contributed by atoms with Crippen LogP contribution in [0.15, 0.2) is 51.8 Å². The van der Waals surface area contributed by atoms with Gasteiger partial charge < -0.3 is 8.97 Å². The van der Waals surface area contributed by atoms with Gasteiger partial charge in [0.05, 0.1) is 4.90 Å². The van der Waals surface area contributed by atoms with E-state index < -0.39 is 36.5 Å². The SMILES string of the molecule is O=S(=O)(OC(F)(F)C(F)(F)S(=O)(=O)[O-])c1ccc2c(c1)oc1ccccc12. The second-order valence-electron chi connectivity index (χ2n) is 5.28. The van der Waals surface area contributed by atoms with Gasteiger partial charge in [0.15, 0.2) is 10.1 Å². The van der Waals surface area contributed by atoms with Crippen molar-refractivity contribution in [1.29, 1.82) is 0 Å². The van der Waals surface area contributed by atoms with Crippen LogP contribution in [0.2, 0.25) is 0 Å². The Morgan fingerprint density at radius 3 is 2.11 bits per heavy atom. The van der Waals surface area contributed by atoms with E-state index in [1.54, 1.807) is 24.3 Å². The van der Waals surface area contributed by atoms with Crippen LogP contribution in [0.5, 0.6) is 0 Å². The van der Waals surface area contributed by atoms with Crippen LogP contribution in [0.3, 0.4) is 0 Å². The van der Waals surface area contributed by atoms with Gasteiger partial charge in [-0.2, -0.15) is 30.2 Å². The normalized spacial score (nSPS) is 14.1. The molecule has 1 heterocycles. The predicted molar refractivity (Wildman–Crippen MR) is 81.6 cm³/mol. The molecule has 0 spiro atoms. The van der Waals surface area contributed by atoms with Gasteiger partial charge in [-0.3, -0.25) is 0 Å². The third kappa shape index (κ3) is 3.16. The van der Waals surface area contributed by atoms with E-state index in [0.717, 1.165) is 18.2 Å². The molecule has 0 radical (unpaired) electrons. The Hall–Kier alpha value is -2.22. The summed E-state index contributed by atoms with van der Waals surface area (Å²) >= 11 is 0. The second kappa shape index (κ2) is 5.89. The van der Waals surface area contributed by atoms with E-state index in [4.69, 9.17) is 4.42 Å². The summed E-state index contributed by atoms with van der Waals surface area (Å²) in [6.07, 6.45) is -6.13. The minimum atomic E-state index is -6.91. The lowest BCUT2D eigenvalue weighted by Gasteiger charge is -2.27. The van der Waals surface area contributed by atoms with Gasteiger partial charge in [-0.1, -0.05) is 18.2 Å². The van der Waals surface area contributed by atoms with Crippen LogP contribution in [0.25, 0.3) is 21.9 Å². The smallest absolute Gasteiger partial charge is 0.448 e. The summed E-state index contributed by atoms with van der Waals surface area (Å²) in [6, 6.07) is 9.16. The molecule has 3 rings (SSSR count). The number of halogens is 4. The fraction of sp³-hybridized carbons (Fsp3) is 0.143. The Morgan fingerprint density at radius 2 is 1.48 bits per heavy atom. The van der Waals surface area contributed by atoms with Crippen molar-refractivity contribution in [1.82, 2.24) is 0 Å². The second-order valence-corrected chi connectivity index (χ2v) is 8.25. The zero-order chi connectivity index (χ0) is 20.3. The average molecular weight is 427 g/mol. The zero-order valence-corrected chi connectivity index (χ0v) is 14.4. The molecule has 27 heavy (non-hydrogen) atoms. The monoisotopic (exact) mass is 427 g/mol. The number of para-hydroxylation sites is 1. The molecule has 13 heteroatoms. The first kappa shape index (κ1) is 19.5. The highest BCUT2D eigenvalue weighted by Gasteiger charge is 2.65. The van der Waals surface area contributed by atoms with Crippen LogP contribution in [0.4, 0.5) is 17.6 Å². The maximum absolute atomic E-state index is 13.4. The highest BCUT2D eigenvalue weighted by Crippen LogP contribution is 2.41. The first-order chi connectivity index (χ1) is 12.3. The van der Waals surface area contributed by atoms with E-state index in [1.165, 1.54) is 0 Å². The molecule has 146 valence electrons. The van der Waals surface area contributed by atoms with Gasteiger partial charge in [0.2, 0.25) is 0 Å². The van der Waals surface area contributed by atoms with Crippen molar-refractivity contribution in [2.45, 2.75) is 16.3 Å². The topological polar surface area (TPSA) is 114 Å². The molecule has 7 nitrogen and oxygen atoms in total. The molecule has 0 unspecified atom stereocenters. The summed E-state index contributed by atoms with van der Waals surface area (Å²) < 4.78 is 116. The van der Waals surface area contributed by atoms with Gasteiger partial charge in [0.1, 0.15) is 11.2 Å². The summed E-state index contributed by atoms with van der Waals surface area (Å²) in [7, 11) is -12.5. The van der Waals surface area contributed by atoms with Gasteiger partial charge in [-0.15, -0.1) is 0 Å². The Morgan fingerprint density at radius 1 is 0.889 bits per heavy atom. The summed E-state index contributed by atoms with van der Waals surface area (Å²) in [5.41, 5.74) is 0.268. The highest BCUT2D eigenvalue weighted by atomic mass is 32.2. The van der Waals surface area contributed by atoms with Crippen molar-refractivity contribution in [2.75, 3.05) is 0 Å². The molecular formula is C14H7F4O7S2-. The van der Waals surface area contributed by atoms with Crippen molar-refractivity contribution in [3.63, 3.8) is 0 Å². The van der Waals surface area contributed by atoms with Gasteiger partial charge >= 0.3 is 21.5 Å². The summed E-state index contributed by atoms with van der Waals surface area (Å²) in [5, 5.41) is -5.33. The minimum Gasteiger partial charge on any atom is -0.743 e. The molecule has 0 fully saturated rings. The Labute approximate surface area is 149 Å². The third-order valence-corrected chi connectivity index (χ3v) is 5.63. The number of benzene rings is 2. The van der Waals surface area contributed by atoms with Crippen molar-refractivity contribution < 1.29 is 47.6 Å². The van der Waals surface area contributed by atoms with Gasteiger partial charge in [0, 0.05) is 16.8 Å². The quantitative estimate of drug-likeness (QED) is 0.349. The average Bonchev–Trinajstić information content (AvgIpc) is 2.90. The van der Waals surface area contributed by atoms with Gasteiger partial charge in [-0.05, 0) is 18.2 Å². The highest BCUT2D eigenvalue weighted by molar-refractivity contribution is 7.87. The molecule has 3 aromatic rings. The molecule has 0 atom stereocenters. The molecule has 0 aliphatic rings. The molecule has 0 saturated carbocycles. The third-order valence-electron chi connectivity index (χ3n) is 3.51. The van der Waals surface area contributed by atoms with E-state index in [-0.39, 0.29) is 5.58 Å². The molecule has 0 saturated heterocycles. The number of hydrogen-bond acceptors (Lipinski definition) is 7. The van der Waals surface area contributed by atoms with Crippen LogP contribution >= 0.6 is 0 Å². The molecule has 0 aliphatic heterocycles. The summed E-state index contributed by atoms with van der Waals surface area (Å²) in [4.78, 5) is -1.01. The first-order valence-corrected chi connectivity index (χ1v) is 9.66. The fourth-order valence-corrected chi connectivity index (χ4v) is 3.59. The lowest BCUT2D eigenvalue weighted by Crippen LogP contribution is -2.49. The number of furan rings is 1. The van der Waals surface area contributed by atoms with E-state index in [9.17, 15) is 39.0 Å². The Bertz CT molecular complexity index is 1250. The Balaban J connectivity index is 2.06. The number of rotatable bonds is 5. The molecule has 2 aromatic carbocycles. The molecule has 0 bridgehead atoms. The van der Waals surface area contributed by atoms with E-state index in [1.807, 2.05) is 0 Å². The minimum absolute atomic E-state index is 0.0765. The molecule has 1 aromatic heterocycles. The summed E-state index contributed by atoms with van der Waals surface area (Å²) in [6.45, 7) is 0. The largest absolute Gasteiger partial charge is 0.743 e. The molecule has 0 N–H and O–H groups in total. The van der Waals surface area contributed by atoms with Gasteiger partial charge in [0.25, 0.3) is 0 Å². The van der Waals surface area contributed by atoms with E-state index >= 15 is 0 Å². The van der Waals surface area contributed by atoms with Crippen LogP contribution < -0.4 is 0 Å². The maximum atomic E-state index is 13.4. The molecule has 0 amide bonds. The van der Waals surface area contributed by atoms with Crippen LogP contribution in [0.1, 0.15) is 0 Å².